The van der Waals surface area contributed by atoms with Gasteiger partial charge in [0.05, 0.1) is 12.8 Å². The molecule has 2 rings (SSSR count). The van der Waals surface area contributed by atoms with Gasteiger partial charge >= 0.3 is 11.8 Å². The van der Waals surface area contributed by atoms with Gasteiger partial charge in [-0.15, -0.1) is 0 Å². The Morgan fingerprint density at radius 2 is 2.00 bits per heavy atom. The van der Waals surface area contributed by atoms with Crippen LogP contribution in [0.15, 0.2) is 47.1 Å². The summed E-state index contributed by atoms with van der Waals surface area (Å²) in [6.07, 6.45) is 1.51. The monoisotopic (exact) mass is 258 g/mol. The number of furan rings is 1. The first-order chi connectivity index (χ1) is 9.15. The number of hydrogen-bond acceptors (Lipinski definition) is 3. The molecule has 0 bridgehead atoms. The second-order valence-corrected chi connectivity index (χ2v) is 4.09. The molecule has 2 N–H and O–H groups in total. The van der Waals surface area contributed by atoms with Crippen molar-refractivity contribution in [3.8, 4) is 0 Å². The summed E-state index contributed by atoms with van der Waals surface area (Å²) < 4.78 is 5.05. The van der Waals surface area contributed by atoms with Crippen molar-refractivity contribution in [2.45, 2.75) is 13.5 Å². The summed E-state index contributed by atoms with van der Waals surface area (Å²) in [5.74, 6) is -0.799. The van der Waals surface area contributed by atoms with Crippen LogP contribution in [0, 0.1) is 6.92 Å². The van der Waals surface area contributed by atoms with E-state index in [0.29, 0.717) is 11.4 Å². The average molecular weight is 258 g/mol. The predicted octanol–water partition coefficient (Wildman–Crippen LogP) is 1.84. The molecule has 2 aromatic rings. The molecule has 19 heavy (non-hydrogen) atoms. The normalized spacial score (nSPS) is 9.95. The number of rotatable bonds is 3. The predicted molar refractivity (Wildman–Crippen MR) is 70.4 cm³/mol. The zero-order valence-electron chi connectivity index (χ0n) is 10.5. The van der Waals surface area contributed by atoms with E-state index in [1.807, 2.05) is 19.1 Å². The van der Waals surface area contributed by atoms with Crippen molar-refractivity contribution in [3.63, 3.8) is 0 Å². The van der Waals surface area contributed by atoms with Gasteiger partial charge in [-0.05, 0) is 36.8 Å². The summed E-state index contributed by atoms with van der Waals surface area (Å²) in [5.41, 5.74) is 1.60. The third-order valence-corrected chi connectivity index (χ3v) is 2.49. The Morgan fingerprint density at radius 1 is 1.16 bits per heavy atom. The molecule has 0 saturated carbocycles. The van der Waals surface area contributed by atoms with Crippen LogP contribution in [0.1, 0.15) is 11.3 Å². The minimum atomic E-state index is -0.697. The summed E-state index contributed by atoms with van der Waals surface area (Å²) in [4.78, 5) is 23.2. The molecule has 0 fully saturated rings. The van der Waals surface area contributed by atoms with Crippen LogP contribution in [-0.4, -0.2) is 11.8 Å². The van der Waals surface area contributed by atoms with E-state index >= 15 is 0 Å². The number of benzene rings is 1. The topological polar surface area (TPSA) is 71.3 Å². The van der Waals surface area contributed by atoms with Gasteiger partial charge in [-0.1, -0.05) is 12.1 Å². The van der Waals surface area contributed by atoms with Crippen molar-refractivity contribution in [2.24, 2.45) is 0 Å². The van der Waals surface area contributed by atoms with Crippen LogP contribution in [0.5, 0.6) is 0 Å². The van der Waals surface area contributed by atoms with Crippen LogP contribution in [0.3, 0.4) is 0 Å². The number of carbonyl (C=O) groups is 2. The molecule has 5 heteroatoms. The summed E-state index contributed by atoms with van der Waals surface area (Å²) in [6, 6.07) is 10.7. The standard InChI is InChI=1S/C14H14N2O3/c1-10-4-2-5-11(8-10)16-14(18)13(17)15-9-12-6-3-7-19-12/h2-8H,9H2,1H3,(H,15,17)(H,16,18). The first-order valence-corrected chi connectivity index (χ1v) is 5.83. The van der Waals surface area contributed by atoms with Gasteiger partial charge in [-0.3, -0.25) is 9.59 Å². The van der Waals surface area contributed by atoms with Gasteiger partial charge in [0.15, 0.2) is 0 Å². The van der Waals surface area contributed by atoms with Gasteiger partial charge in [0.25, 0.3) is 0 Å². The number of aryl methyl sites for hydroxylation is 1. The van der Waals surface area contributed by atoms with Gasteiger partial charge in [-0.2, -0.15) is 0 Å². The van der Waals surface area contributed by atoms with E-state index in [0.717, 1.165) is 5.56 Å². The highest BCUT2D eigenvalue weighted by atomic mass is 16.3. The van der Waals surface area contributed by atoms with Crippen molar-refractivity contribution >= 4 is 17.5 Å². The fourth-order valence-corrected chi connectivity index (χ4v) is 1.57. The largest absolute Gasteiger partial charge is 0.467 e. The third kappa shape index (κ3) is 3.70. The minimum Gasteiger partial charge on any atom is -0.467 e. The maximum absolute atomic E-state index is 11.6. The summed E-state index contributed by atoms with van der Waals surface area (Å²) in [7, 11) is 0. The lowest BCUT2D eigenvalue weighted by molar-refractivity contribution is -0.136. The zero-order valence-corrected chi connectivity index (χ0v) is 10.5. The number of nitrogens with one attached hydrogen (secondary N) is 2. The van der Waals surface area contributed by atoms with E-state index < -0.39 is 11.8 Å². The molecule has 0 aliphatic carbocycles. The summed E-state index contributed by atoms with van der Waals surface area (Å²) in [5, 5.41) is 5.01. The van der Waals surface area contributed by atoms with E-state index in [1.54, 1.807) is 24.3 Å². The Kier molecular flexibility index (Phi) is 3.97. The van der Waals surface area contributed by atoms with E-state index in [-0.39, 0.29) is 6.54 Å². The molecule has 0 atom stereocenters. The van der Waals surface area contributed by atoms with Gasteiger partial charge in [0.1, 0.15) is 5.76 Å². The summed E-state index contributed by atoms with van der Waals surface area (Å²) >= 11 is 0. The Bertz CT molecular complexity index is 576. The Morgan fingerprint density at radius 3 is 2.68 bits per heavy atom. The second-order valence-electron chi connectivity index (χ2n) is 4.09. The van der Waals surface area contributed by atoms with E-state index in [9.17, 15) is 9.59 Å². The van der Waals surface area contributed by atoms with Gasteiger partial charge < -0.3 is 15.1 Å². The van der Waals surface area contributed by atoms with Crippen molar-refractivity contribution in [2.75, 3.05) is 5.32 Å². The molecule has 0 aliphatic heterocycles. The molecule has 5 nitrogen and oxygen atoms in total. The quantitative estimate of drug-likeness (QED) is 0.825. The van der Waals surface area contributed by atoms with Crippen LogP contribution in [0.25, 0.3) is 0 Å². The van der Waals surface area contributed by atoms with Crippen LogP contribution < -0.4 is 10.6 Å². The molecular formula is C14H14N2O3. The highest BCUT2D eigenvalue weighted by Gasteiger charge is 2.13. The molecule has 0 saturated heterocycles. The Hall–Kier alpha value is -2.56. The first kappa shape index (κ1) is 12.9. The molecular weight excluding hydrogens is 244 g/mol. The van der Waals surface area contributed by atoms with E-state index in [2.05, 4.69) is 10.6 Å². The number of anilines is 1. The molecule has 1 aromatic carbocycles. The van der Waals surface area contributed by atoms with Crippen LogP contribution in [0.2, 0.25) is 0 Å². The highest BCUT2D eigenvalue weighted by molar-refractivity contribution is 6.39. The average Bonchev–Trinajstić information content (AvgIpc) is 2.89. The van der Waals surface area contributed by atoms with Gasteiger partial charge in [-0.25, -0.2) is 0 Å². The smallest absolute Gasteiger partial charge is 0.313 e. The Labute approximate surface area is 110 Å². The second kappa shape index (κ2) is 5.86. The molecule has 0 aliphatic rings. The minimum absolute atomic E-state index is 0.188. The van der Waals surface area contributed by atoms with E-state index in [1.165, 1.54) is 6.26 Å². The number of carbonyl (C=O) groups excluding carboxylic acids is 2. The van der Waals surface area contributed by atoms with Crippen LogP contribution in [0.4, 0.5) is 5.69 Å². The molecule has 98 valence electrons. The lowest BCUT2D eigenvalue weighted by atomic mass is 10.2. The van der Waals surface area contributed by atoms with Crippen molar-refractivity contribution in [1.82, 2.24) is 5.32 Å². The SMILES string of the molecule is Cc1cccc(NC(=O)C(=O)NCc2ccco2)c1. The molecule has 1 aromatic heterocycles. The van der Waals surface area contributed by atoms with Crippen molar-refractivity contribution in [1.29, 1.82) is 0 Å². The fraction of sp³-hybridized carbons (Fsp3) is 0.143. The molecule has 1 heterocycles. The number of amides is 2. The third-order valence-electron chi connectivity index (χ3n) is 2.49. The van der Waals surface area contributed by atoms with Crippen LogP contribution >= 0.6 is 0 Å². The molecule has 2 amide bonds. The van der Waals surface area contributed by atoms with Gasteiger partial charge in [0.2, 0.25) is 0 Å². The van der Waals surface area contributed by atoms with E-state index in [4.69, 9.17) is 4.42 Å². The molecule has 0 radical (unpaired) electrons. The number of hydrogen-bond donors (Lipinski definition) is 2. The lowest BCUT2D eigenvalue weighted by Crippen LogP contribution is -2.34. The first-order valence-electron chi connectivity index (χ1n) is 5.83. The maximum Gasteiger partial charge on any atom is 0.313 e. The van der Waals surface area contributed by atoms with Crippen molar-refractivity contribution < 1.29 is 14.0 Å². The van der Waals surface area contributed by atoms with Gasteiger partial charge in [0, 0.05) is 5.69 Å². The molecule has 0 spiro atoms. The summed E-state index contributed by atoms with van der Waals surface area (Å²) in [6.45, 7) is 2.10. The maximum atomic E-state index is 11.6. The zero-order chi connectivity index (χ0) is 13.7. The molecule has 0 unspecified atom stereocenters. The van der Waals surface area contributed by atoms with Crippen LogP contribution in [-0.2, 0) is 16.1 Å². The van der Waals surface area contributed by atoms with Crippen molar-refractivity contribution in [3.05, 3.63) is 54.0 Å². The Balaban J connectivity index is 1.87. The highest BCUT2D eigenvalue weighted by Crippen LogP contribution is 2.09. The fourth-order valence-electron chi connectivity index (χ4n) is 1.57. The lowest BCUT2D eigenvalue weighted by Gasteiger charge is -2.06.